The van der Waals surface area contributed by atoms with E-state index in [1.165, 1.54) is 0 Å². The van der Waals surface area contributed by atoms with Gasteiger partial charge in [0.15, 0.2) is 0 Å². The van der Waals surface area contributed by atoms with E-state index in [1.54, 1.807) is 4.68 Å². The predicted molar refractivity (Wildman–Crippen MR) is 52.0 cm³/mol. The fourth-order valence-electron chi connectivity index (χ4n) is 1.18. The molecular formula is C7H14ClN5. The highest BCUT2D eigenvalue weighted by atomic mass is 35.5. The Balaban J connectivity index is 2.69. The molecule has 6 heteroatoms. The van der Waals surface area contributed by atoms with Crippen LogP contribution in [0.15, 0.2) is 0 Å². The quantitative estimate of drug-likeness (QED) is 0.660. The third-order valence-corrected chi connectivity index (χ3v) is 1.90. The van der Waals surface area contributed by atoms with Crippen molar-refractivity contribution in [2.75, 3.05) is 23.9 Å². The molecule has 0 aliphatic heterocycles. The molecule has 5 nitrogen and oxygen atoms in total. The van der Waals surface area contributed by atoms with E-state index in [4.69, 9.17) is 11.6 Å². The van der Waals surface area contributed by atoms with Crippen molar-refractivity contribution in [3.8, 4) is 0 Å². The van der Waals surface area contributed by atoms with E-state index in [1.807, 2.05) is 7.05 Å². The lowest BCUT2D eigenvalue weighted by Gasteiger charge is -2.19. The van der Waals surface area contributed by atoms with Gasteiger partial charge in [-0.2, -0.15) is 0 Å². The second kappa shape index (κ2) is 5.01. The average Bonchev–Trinajstić information content (AvgIpc) is 2.51. The zero-order valence-corrected chi connectivity index (χ0v) is 8.70. The lowest BCUT2D eigenvalue weighted by atomic mass is 10.4. The van der Waals surface area contributed by atoms with Gasteiger partial charge < -0.3 is 4.90 Å². The molecule has 0 atom stereocenters. The molecular weight excluding hydrogens is 190 g/mol. The molecule has 0 N–H and O–H groups in total. The lowest BCUT2D eigenvalue weighted by molar-refractivity contribution is 0.679. The standard InChI is InChI=1S/C7H14ClN5/c1-3-5-13(6-4-8)7-9-10-11-12(7)2/h3-6H2,1-2H3. The van der Waals surface area contributed by atoms with Crippen LogP contribution >= 0.6 is 11.6 Å². The molecule has 0 spiro atoms. The van der Waals surface area contributed by atoms with Crippen molar-refractivity contribution in [2.24, 2.45) is 7.05 Å². The van der Waals surface area contributed by atoms with Crippen LogP contribution in [-0.4, -0.2) is 39.2 Å². The van der Waals surface area contributed by atoms with E-state index in [-0.39, 0.29) is 0 Å². The third-order valence-electron chi connectivity index (χ3n) is 1.73. The topological polar surface area (TPSA) is 46.8 Å². The molecule has 13 heavy (non-hydrogen) atoms. The van der Waals surface area contributed by atoms with Crippen molar-refractivity contribution >= 4 is 17.5 Å². The number of hydrogen-bond acceptors (Lipinski definition) is 4. The normalized spacial score (nSPS) is 10.4. The number of hydrogen-bond donors (Lipinski definition) is 0. The van der Waals surface area contributed by atoms with E-state index >= 15 is 0 Å². The molecule has 74 valence electrons. The largest absolute Gasteiger partial charge is 0.339 e. The summed E-state index contributed by atoms with van der Waals surface area (Å²) in [7, 11) is 1.83. The Morgan fingerprint density at radius 1 is 1.46 bits per heavy atom. The first-order chi connectivity index (χ1) is 6.29. The van der Waals surface area contributed by atoms with Crippen LogP contribution in [-0.2, 0) is 7.05 Å². The summed E-state index contributed by atoms with van der Waals surface area (Å²) in [6, 6.07) is 0. The minimum Gasteiger partial charge on any atom is -0.339 e. The maximum Gasteiger partial charge on any atom is 0.245 e. The minimum absolute atomic E-state index is 0.590. The highest BCUT2D eigenvalue weighted by molar-refractivity contribution is 6.18. The first kappa shape index (κ1) is 10.2. The Morgan fingerprint density at radius 2 is 2.23 bits per heavy atom. The average molecular weight is 204 g/mol. The highest BCUT2D eigenvalue weighted by Crippen LogP contribution is 2.06. The summed E-state index contributed by atoms with van der Waals surface area (Å²) in [4.78, 5) is 2.08. The van der Waals surface area contributed by atoms with Crippen molar-refractivity contribution < 1.29 is 0 Å². The summed E-state index contributed by atoms with van der Waals surface area (Å²) < 4.78 is 1.65. The number of aryl methyl sites for hydroxylation is 1. The van der Waals surface area contributed by atoms with E-state index in [0.29, 0.717) is 5.88 Å². The van der Waals surface area contributed by atoms with E-state index < -0.39 is 0 Å². The number of rotatable bonds is 5. The van der Waals surface area contributed by atoms with Crippen LogP contribution < -0.4 is 4.90 Å². The molecule has 1 heterocycles. The van der Waals surface area contributed by atoms with Gasteiger partial charge in [0.1, 0.15) is 0 Å². The second-order valence-electron chi connectivity index (χ2n) is 2.78. The van der Waals surface area contributed by atoms with Gasteiger partial charge in [0, 0.05) is 26.0 Å². The molecule has 0 aliphatic carbocycles. The number of tetrazole rings is 1. The van der Waals surface area contributed by atoms with Crippen LogP contribution in [0.2, 0.25) is 0 Å². The summed E-state index contributed by atoms with van der Waals surface area (Å²) in [5.41, 5.74) is 0. The van der Waals surface area contributed by atoms with Crippen molar-refractivity contribution in [1.29, 1.82) is 0 Å². The van der Waals surface area contributed by atoms with E-state index in [9.17, 15) is 0 Å². The Hall–Kier alpha value is -0.840. The van der Waals surface area contributed by atoms with Crippen LogP contribution in [0.1, 0.15) is 13.3 Å². The molecule has 1 aromatic heterocycles. The van der Waals surface area contributed by atoms with E-state index in [2.05, 4.69) is 27.3 Å². The van der Waals surface area contributed by atoms with Gasteiger partial charge in [-0.3, -0.25) is 0 Å². The van der Waals surface area contributed by atoms with Crippen molar-refractivity contribution in [3.05, 3.63) is 0 Å². The molecule has 1 aromatic rings. The number of anilines is 1. The predicted octanol–water partition coefficient (Wildman–Crippen LogP) is 0.665. The van der Waals surface area contributed by atoms with Gasteiger partial charge in [0.2, 0.25) is 5.95 Å². The van der Waals surface area contributed by atoms with Crippen molar-refractivity contribution in [2.45, 2.75) is 13.3 Å². The smallest absolute Gasteiger partial charge is 0.245 e. The Labute approximate surface area is 82.7 Å². The van der Waals surface area contributed by atoms with Gasteiger partial charge in [-0.25, -0.2) is 4.68 Å². The SMILES string of the molecule is CCCN(CCCl)c1nnnn1C. The highest BCUT2D eigenvalue weighted by Gasteiger charge is 2.10. The fraction of sp³-hybridized carbons (Fsp3) is 0.857. The van der Waals surface area contributed by atoms with Crippen LogP contribution in [0.3, 0.4) is 0 Å². The second-order valence-corrected chi connectivity index (χ2v) is 3.16. The summed E-state index contributed by atoms with van der Waals surface area (Å²) in [5, 5.41) is 11.3. The number of nitrogens with zero attached hydrogens (tertiary/aromatic N) is 5. The van der Waals surface area contributed by atoms with Gasteiger partial charge >= 0.3 is 0 Å². The summed E-state index contributed by atoms with van der Waals surface area (Å²) in [6.45, 7) is 3.83. The summed E-state index contributed by atoms with van der Waals surface area (Å²) >= 11 is 5.68. The maximum absolute atomic E-state index is 5.68. The van der Waals surface area contributed by atoms with Gasteiger partial charge in [-0.05, 0) is 16.8 Å². The zero-order chi connectivity index (χ0) is 9.68. The third kappa shape index (κ3) is 2.55. The van der Waals surface area contributed by atoms with E-state index in [0.717, 1.165) is 25.5 Å². The molecule has 0 amide bonds. The monoisotopic (exact) mass is 203 g/mol. The van der Waals surface area contributed by atoms with Crippen LogP contribution in [0, 0.1) is 0 Å². The van der Waals surface area contributed by atoms with Crippen molar-refractivity contribution in [1.82, 2.24) is 20.2 Å². The van der Waals surface area contributed by atoms with Gasteiger partial charge in [0.05, 0.1) is 0 Å². The number of alkyl halides is 1. The first-order valence-electron chi connectivity index (χ1n) is 4.32. The Bertz CT molecular complexity index is 243. The minimum atomic E-state index is 0.590. The molecule has 0 radical (unpaired) electrons. The van der Waals surface area contributed by atoms with Gasteiger partial charge in [0.25, 0.3) is 0 Å². The molecule has 1 rings (SSSR count). The molecule has 0 unspecified atom stereocenters. The maximum atomic E-state index is 5.68. The fourth-order valence-corrected chi connectivity index (χ4v) is 1.38. The molecule has 0 fully saturated rings. The van der Waals surface area contributed by atoms with Gasteiger partial charge in [-0.15, -0.1) is 11.6 Å². The molecule has 0 saturated heterocycles. The van der Waals surface area contributed by atoms with Crippen LogP contribution in [0.5, 0.6) is 0 Å². The Kier molecular flexibility index (Phi) is 3.95. The summed E-state index contributed by atoms with van der Waals surface area (Å²) in [6.07, 6.45) is 1.06. The van der Waals surface area contributed by atoms with Gasteiger partial charge in [-0.1, -0.05) is 12.0 Å². The van der Waals surface area contributed by atoms with Crippen LogP contribution in [0.25, 0.3) is 0 Å². The number of halogens is 1. The molecule has 0 aromatic carbocycles. The van der Waals surface area contributed by atoms with Crippen molar-refractivity contribution in [3.63, 3.8) is 0 Å². The summed E-state index contributed by atoms with van der Waals surface area (Å²) in [5.74, 6) is 1.37. The molecule has 0 aliphatic rings. The van der Waals surface area contributed by atoms with Crippen LogP contribution in [0.4, 0.5) is 5.95 Å². The zero-order valence-electron chi connectivity index (χ0n) is 7.94. The Morgan fingerprint density at radius 3 is 2.69 bits per heavy atom. The molecule has 0 saturated carbocycles. The molecule has 0 bridgehead atoms. The first-order valence-corrected chi connectivity index (χ1v) is 4.86. The number of aromatic nitrogens is 4. The lowest BCUT2D eigenvalue weighted by Crippen LogP contribution is -2.29.